The standard InChI is InChI=1S/C8H5NO.C6H13N.C2H5NO2/c9-5-7-3-1-2-4-8(7)6-10;7-6-4-2-1-3-5-6;3-1-2(4)5/h1-4,6H;6H,1-5,7H2;1,3H2,(H,4,5). The van der Waals surface area contributed by atoms with Gasteiger partial charge in [0.2, 0.25) is 0 Å². The summed E-state index contributed by atoms with van der Waals surface area (Å²) in [6.07, 6.45) is 7.34. The monoisotopic (exact) mass is 305 g/mol. The van der Waals surface area contributed by atoms with Crippen molar-refractivity contribution in [3.63, 3.8) is 0 Å². The van der Waals surface area contributed by atoms with Crippen LogP contribution in [0.1, 0.15) is 48.0 Å². The van der Waals surface area contributed by atoms with E-state index in [4.69, 9.17) is 16.1 Å². The Bertz CT molecular complexity index is 492. The average molecular weight is 305 g/mol. The fraction of sp³-hybridized carbons (Fsp3) is 0.438. The third-order valence-corrected chi connectivity index (χ3v) is 3.03. The average Bonchev–Trinajstić information content (AvgIpc) is 2.56. The molecule has 1 aliphatic carbocycles. The molecule has 1 fully saturated rings. The van der Waals surface area contributed by atoms with Gasteiger partial charge >= 0.3 is 5.97 Å². The highest BCUT2D eigenvalue weighted by atomic mass is 16.4. The normalized spacial score (nSPS) is 13.5. The van der Waals surface area contributed by atoms with Crippen LogP contribution in [0.3, 0.4) is 0 Å². The fourth-order valence-electron chi connectivity index (χ4n) is 1.84. The molecule has 1 aliphatic rings. The molecule has 1 aromatic rings. The van der Waals surface area contributed by atoms with Crippen molar-refractivity contribution in [3.8, 4) is 6.07 Å². The van der Waals surface area contributed by atoms with Crippen LogP contribution >= 0.6 is 0 Å². The van der Waals surface area contributed by atoms with Crippen molar-refractivity contribution in [1.82, 2.24) is 0 Å². The highest BCUT2D eigenvalue weighted by molar-refractivity contribution is 5.78. The van der Waals surface area contributed by atoms with Gasteiger partial charge in [-0.3, -0.25) is 9.59 Å². The molecular weight excluding hydrogens is 282 g/mol. The molecule has 0 aromatic heterocycles. The van der Waals surface area contributed by atoms with Gasteiger partial charge in [0.25, 0.3) is 0 Å². The molecular formula is C16H23N3O3. The maximum absolute atomic E-state index is 10.2. The van der Waals surface area contributed by atoms with E-state index in [1.807, 2.05) is 6.07 Å². The molecule has 0 saturated heterocycles. The third kappa shape index (κ3) is 9.64. The maximum Gasteiger partial charge on any atom is 0.317 e. The summed E-state index contributed by atoms with van der Waals surface area (Å²) < 4.78 is 0. The number of aldehydes is 1. The molecule has 120 valence electrons. The van der Waals surface area contributed by atoms with E-state index in [1.54, 1.807) is 24.3 Å². The second-order valence-electron chi connectivity index (χ2n) is 4.81. The number of rotatable bonds is 2. The van der Waals surface area contributed by atoms with Gasteiger partial charge in [-0.25, -0.2) is 0 Å². The lowest BCUT2D eigenvalue weighted by Crippen LogP contribution is -2.22. The molecule has 0 atom stereocenters. The van der Waals surface area contributed by atoms with Gasteiger partial charge in [-0.2, -0.15) is 5.26 Å². The van der Waals surface area contributed by atoms with Crippen molar-refractivity contribution in [2.75, 3.05) is 6.54 Å². The molecule has 5 N–H and O–H groups in total. The highest BCUT2D eigenvalue weighted by Gasteiger charge is 2.06. The first-order chi connectivity index (χ1) is 10.5. The SMILES string of the molecule is N#Cc1ccccc1C=O.NC1CCCCC1.NCC(=O)O. The number of carbonyl (C=O) groups is 2. The highest BCUT2D eigenvalue weighted by Crippen LogP contribution is 2.14. The van der Waals surface area contributed by atoms with Gasteiger partial charge < -0.3 is 16.6 Å². The molecule has 1 aromatic carbocycles. The van der Waals surface area contributed by atoms with E-state index in [0.717, 1.165) is 0 Å². The number of benzene rings is 1. The van der Waals surface area contributed by atoms with Crippen LogP contribution in [0.25, 0.3) is 0 Å². The molecule has 0 spiro atoms. The second kappa shape index (κ2) is 12.5. The molecule has 0 aliphatic heterocycles. The number of carbonyl (C=O) groups excluding carboxylic acids is 1. The molecule has 1 saturated carbocycles. The molecule has 22 heavy (non-hydrogen) atoms. The van der Waals surface area contributed by atoms with Crippen LogP contribution in [-0.4, -0.2) is 29.9 Å². The van der Waals surface area contributed by atoms with E-state index in [9.17, 15) is 9.59 Å². The number of hydrogen-bond acceptors (Lipinski definition) is 5. The lowest BCUT2D eigenvalue weighted by molar-refractivity contribution is -0.135. The van der Waals surface area contributed by atoms with Crippen molar-refractivity contribution >= 4 is 12.3 Å². The van der Waals surface area contributed by atoms with Crippen LogP contribution in [0.5, 0.6) is 0 Å². The van der Waals surface area contributed by atoms with Crippen LogP contribution in [0.2, 0.25) is 0 Å². The van der Waals surface area contributed by atoms with E-state index in [0.29, 0.717) is 23.5 Å². The smallest absolute Gasteiger partial charge is 0.317 e. The van der Waals surface area contributed by atoms with Gasteiger partial charge in [0.1, 0.15) is 0 Å². The van der Waals surface area contributed by atoms with E-state index in [2.05, 4.69) is 5.73 Å². The summed E-state index contributed by atoms with van der Waals surface area (Å²) in [5.41, 5.74) is 11.1. The first kappa shape index (κ1) is 19.8. The summed E-state index contributed by atoms with van der Waals surface area (Å²) in [7, 11) is 0. The molecule has 2 rings (SSSR count). The molecule has 0 heterocycles. The van der Waals surface area contributed by atoms with Crippen LogP contribution in [0.4, 0.5) is 0 Å². The largest absolute Gasteiger partial charge is 0.480 e. The van der Waals surface area contributed by atoms with E-state index in [1.165, 1.54) is 32.1 Å². The predicted octanol–water partition coefficient (Wildman–Crippen LogP) is 1.68. The summed E-state index contributed by atoms with van der Waals surface area (Å²) >= 11 is 0. The van der Waals surface area contributed by atoms with Crippen molar-refractivity contribution in [3.05, 3.63) is 35.4 Å². The van der Waals surface area contributed by atoms with Gasteiger partial charge in [-0.1, -0.05) is 37.5 Å². The Morgan fingerprint density at radius 1 is 1.32 bits per heavy atom. The Kier molecular flexibility index (Phi) is 11.2. The topological polar surface area (TPSA) is 130 Å². The summed E-state index contributed by atoms with van der Waals surface area (Å²) in [5, 5.41) is 16.0. The summed E-state index contributed by atoms with van der Waals surface area (Å²) in [4.78, 5) is 19.5. The zero-order valence-corrected chi connectivity index (χ0v) is 12.6. The second-order valence-corrected chi connectivity index (χ2v) is 4.81. The number of aliphatic carboxylic acids is 1. The third-order valence-electron chi connectivity index (χ3n) is 3.03. The lowest BCUT2D eigenvalue weighted by atomic mass is 9.97. The molecule has 0 unspecified atom stereocenters. The van der Waals surface area contributed by atoms with Crippen molar-refractivity contribution in [2.45, 2.75) is 38.1 Å². The molecule has 0 amide bonds. The number of nitrogens with two attached hydrogens (primary N) is 2. The van der Waals surface area contributed by atoms with Crippen molar-refractivity contribution in [2.24, 2.45) is 11.5 Å². The zero-order chi connectivity index (χ0) is 16.8. The maximum atomic E-state index is 10.2. The Labute approximate surface area is 130 Å². The number of carboxylic acids is 1. The molecule has 0 bridgehead atoms. The van der Waals surface area contributed by atoms with Crippen LogP contribution < -0.4 is 11.5 Å². The Balaban J connectivity index is 0.000000322. The minimum absolute atomic E-state index is 0.278. The van der Waals surface area contributed by atoms with Gasteiger partial charge in [-0.15, -0.1) is 0 Å². The Hall–Kier alpha value is -2.23. The number of nitrogens with zero attached hydrogens (tertiary/aromatic N) is 1. The summed E-state index contributed by atoms with van der Waals surface area (Å²) in [5.74, 6) is -0.968. The van der Waals surface area contributed by atoms with Crippen molar-refractivity contribution < 1.29 is 14.7 Å². The predicted molar refractivity (Wildman–Crippen MR) is 84.3 cm³/mol. The van der Waals surface area contributed by atoms with E-state index in [-0.39, 0.29) is 6.54 Å². The first-order valence-corrected chi connectivity index (χ1v) is 7.16. The van der Waals surface area contributed by atoms with Gasteiger partial charge in [0, 0.05) is 11.6 Å². The summed E-state index contributed by atoms with van der Waals surface area (Å²) in [6, 6.07) is 9.14. The van der Waals surface area contributed by atoms with Gasteiger partial charge in [0.05, 0.1) is 18.2 Å². The minimum atomic E-state index is -0.968. The molecule has 6 nitrogen and oxygen atoms in total. The quantitative estimate of drug-likeness (QED) is 0.712. The van der Waals surface area contributed by atoms with E-state index < -0.39 is 5.97 Å². The fourth-order valence-corrected chi connectivity index (χ4v) is 1.84. The Morgan fingerprint density at radius 2 is 1.86 bits per heavy atom. The first-order valence-electron chi connectivity index (χ1n) is 7.16. The number of hydrogen-bond donors (Lipinski definition) is 3. The molecule has 0 radical (unpaired) electrons. The Morgan fingerprint density at radius 3 is 2.18 bits per heavy atom. The molecule has 6 heteroatoms. The van der Waals surface area contributed by atoms with Crippen LogP contribution in [0.15, 0.2) is 24.3 Å². The van der Waals surface area contributed by atoms with Crippen molar-refractivity contribution in [1.29, 1.82) is 5.26 Å². The zero-order valence-electron chi connectivity index (χ0n) is 12.6. The van der Waals surface area contributed by atoms with Gasteiger partial charge in [0.15, 0.2) is 6.29 Å². The lowest BCUT2D eigenvalue weighted by Gasteiger charge is -2.15. The van der Waals surface area contributed by atoms with Crippen LogP contribution in [0, 0.1) is 11.3 Å². The van der Waals surface area contributed by atoms with E-state index >= 15 is 0 Å². The number of nitriles is 1. The van der Waals surface area contributed by atoms with Crippen LogP contribution in [-0.2, 0) is 4.79 Å². The number of carboxylic acid groups (broad SMARTS) is 1. The summed E-state index contributed by atoms with van der Waals surface area (Å²) in [6.45, 7) is -0.278. The minimum Gasteiger partial charge on any atom is -0.480 e. The van der Waals surface area contributed by atoms with Gasteiger partial charge in [-0.05, 0) is 18.9 Å².